The number of carbonyl (C=O) groups is 2. The first-order chi connectivity index (χ1) is 16.0. The van der Waals surface area contributed by atoms with Gasteiger partial charge in [-0.3, -0.25) is 14.3 Å². The summed E-state index contributed by atoms with van der Waals surface area (Å²) in [7, 11) is 1.75. The van der Waals surface area contributed by atoms with Crippen LogP contribution in [0, 0.1) is 11.7 Å². The summed E-state index contributed by atoms with van der Waals surface area (Å²) in [6, 6.07) is 6.13. The van der Waals surface area contributed by atoms with E-state index in [1.165, 1.54) is 36.3 Å². The van der Waals surface area contributed by atoms with Gasteiger partial charge in [0.15, 0.2) is 5.69 Å². The predicted octanol–water partition coefficient (Wildman–Crippen LogP) is 3.29. The molecule has 2 amide bonds. The van der Waals surface area contributed by atoms with Gasteiger partial charge in [-0.25, -0.2) is 9.37 Å². The second kappa shape index (κ2) is 9.05. The van der Waals surface area contributed by atoms with E-state index in [0.29, 0.717) is 43.2 Å². The Bertz CT molecular complexity index is 1170. The summed E-state index contributed by atoms with van der Waals surface area (Å²) in [5.74, 6) is 0.0413. The molecule has 0 bridgehead atoms. The molecular weight excluding hydrogens is 441 g/mol. The summed E-state index contributed by atoms with van der Waals surface area (Å²) < 4.78 is 15.5. The second-order valence-electron chi connectivity index (χ2n) is 8.91. The first kappa shape index (κ1) is 21.8. The van der Waals surface area contributed by atoms with Crippen LogP contribution in [0.1, 0.15) is 45.8 Å². The van der Waals surface area contributed by atoms with Gasteiger partial charge in [0.2, 0.25) is 5.91 Å². The third-order valence-electron chi connectivity index (χ3n) is 6.29. The molecule has 0 spiro atoms. The summed E-state index contributed by atoms with van der Waals surface area (Å²) in [4.78, 5) is 34.0. The Kier molecular flexibility index (Phi) is 5.97. The van der Waals surface area contributed by atoms with E-state index in [-0.39, 0.29) is 24.1 Å². The number of halogens is 1. The quantitative estimate of drug-likeness (QED) is 0.535. The van der Waals surface area contributed by atoms with E-state index in [0.717, 1.165) is 23.5 Å². The molecule has 0 atom stereocenters. The van der Waals surface area contributed by atoms with Crippen LogP contribution in [0.4, 0.5) is 4.39 Å². The topological polar surface area (TPSA) is 71.3 Å². The normalized spacial score (nSPS) is 15.4. The third-order valence-corrected chi connectivity index (χ3v) is 6.93. The number of fused-ring (bicyclic) bond motifs is 1. The van der Waals surface area contributed by atoms with Crippen LogP contribution in [0.15, 0.2) is 35.2 Å². The molecule has 2 aromatic heterocycles. The third kappa shape index (κ3) is 4.83. The molecule has 0 radical (unpaired) electrons. The van der Waals surface area contributed by atoms with Crippen LogP contribution in [0.3, 0.4) is 0 Å². The van der Waals surface area contributed by atoms with E-state index < -0.39 is 0 Å². The molecule has 5 rings (SSSR count). The van der Waals surface area contributed by atoms with E-state index in [9.17, 15) is 14.0 Å². The molecule has 1 fully saturated rings. The number of hydrogen-bond acceptors (Lipinski definition) is 5. The van der Waals surface area contributed by atoms with Crippen LogP contribution in [0.5, 0.6) is 0 Å². The monoisotopic (exact) mass is 467 g/mol. The lowest BCUT2D eigenvalue weighted by Gasteiger charge is -2.28. The maximum absolute atomic E-state index is 13.5. The van der Waals surface area contributed by atoms with Gasteiger partial charge in [0.25, 0.3) is 5.91 Å². The molecular formula is C24H26FN5O2S. The number of aromatic nitrogens is 3. The largest absolute Gasteiger partial charge is 0.338 e. The minimum atomic E-state index is -0.349. The minimum Gasteiger partial charge on any atom is -0.338 e. The zero-order valence-corrected chi connectivity index (χ0v) is 19.4. The molecule has 1 aromatic carbocycles. The van der Waals surface area contributed by atoms with Gasteiger partial charge in [-0.15, -0.1) is 11.3 Å². The summed E-state index contributed by atoms with van der Waals surface area (Å²) in [5.41, 5.74) is 5.56. The Morgan fingerprint density at radius 2 is 2.15 bits per heavy atom. The van der Waals surface area contributed by atoms with Gasteiger partial charge in [0, 0.05) is 49.7 Å². The van der Waals surface area contributed by atoms with Crippen molar-refractivity contribution in [2.24, 2.45) is 5.92 Å². The number of amides is 2. The highest BCUT2D eigenvalue weighted by Gasteiger charge is 2.33. The average molecular weight is 468 g/mol. The first-order valence-electron chi connectivity index (χ1n) is 11.2. The molecule has 0 unspecified atom stereocenters. The van der Waals surface area contributed by atoms with Crippen molar-refractivity contribution in [2.45, 2.75) is 45.3 Å². The number of thiazole rings is 1. The van der Waals surface area contributed by atoms with Crippen LogP contribution in [0.25, 0.3) is 0 Å². The van der Waals surface area contributed by atoms with E-state index in [1.54, 1.807) is 34.5 Å². The molecule has 0 saturated heterocycles. The van der Waals surface area contributed by atoms with Crippen molar-refractivity contribution in [1.82, 2.24) is 24.6 Å². The van der Waals surface area contributed by atoms with Crippen molar-refractivity contribution in [3.8, 4) is 0 Å². The number of hydrogen-bond donors (Lipinski definition) is 0. The Morgan fingerprint density at radius 1 is 1.30 bits per heavy atom. The standard InChI is InChI=1S/C24H26FN5O2S/c1-28(12-19-14-33-15-26-19)24(32)23-20-13-29(22(31)10-17-3-2-4-18(25)9-17)8-7-21(20)30(27-23)11-16-5-6-16/h2-4,9,14-16H,5-8,10-13H2,1H3. The lowest BCUT2D eigenvalue weighted by Crippen LogP contribution is -2.38. The van der Waals surface area contributed by atoms with Crippen LogP contribution in [-0.2, 0) is 37.3 Å². The lowest BCUT2D eigenvalue weighted by molar-refractivity contribution is -0.131. The van der Waals surface area contributed by atoms with Crippen LogP contribution < -0.4 is 0 Å². The molecule has 1 aliphatic heterocycles. The summed E-state index contributed by atoms with van der Waals surface area (Å²) in [5, 5.41) is 6.66. The Hall–Kier alpha value is -3.07. The molecule has 3 heterocycles. The zero-order chi connectivity index (χ0) is 22.9. The zero-order valence-electron chi connectivity index (χ0n) is 18.5. The number of nitrogens with zero attached hydrogens (tertiary/aromatic N) is 5. The molecule has 2 aliphatic rings. The molecule has 0 N–H and O–H groups in total. The predicted molar refractivity (Wildman–Crippen MR) is 122 cm³/mol. The SMILES string of the molecule is CN(Cc1cscn1)C(=O)c1nn(CC2CC2)c2c1CN(C(=O)Cc1cccc(F)c1)CC2. The highest BCUT2D eigenvalue weighted by Crippen LogP contribution is 2.33. The molecule has 1 saturated carbocycles. The Balaban J connectivity index is 1.37. The van der Waals surface area contributed by atoms with Crippen molar-refractivity contribution >= 4 is 23.2 Å². The minimum absolute atomic E-state index is 0.0737. The van der Waals surface area contributed by atoms with Crippen molar-refractivity contribution in [1.29, 1.82) is 0 Å². The Labute approximate surface area is 195 Å². The van der Waals surface area contributed by atoms with Gasteiger partial charge in [-0.2, -0.15) is 5.10 Å². The van der Waals surface area contributed by atoms with Crippen molar-refractivity contribution in [3.63, 3.8) is 0 Å². The molecule has 7 nitrogen and oxygen atoms in total. The van der Waals surface area contributed by atoms with Gasteiger partial charge in [-0.1, -0.05) is 12.1 Å². The maximum atomic E-state index is 13.5. The highest BCUT2D eigenvalue weighted by atomic mass is 32.1. The fraction of sp³-hybridized carbons (Fsp3) is 0.417. The second-order valence-corrected chi connectivity index (χ2v) is 9.63. The first-order valence-corrected chi connectivity index (χ1v) is 12.2. The van der Waals surface area contributed by atoms with Crippen molar-refractivity contribution < 1.29 is 14.0 Å². The molecule has 172 valence electrons. The van der Waals surface area contributed by atoms with E-state index in [2.05, 4.69) is 4.98 Å². The van der Waals surface area contributed by atoms with Gasteiger partial charge < -0.3 is 9.80 Å². The summed E-state index contributed by atoms with van der Waals surface area (Å²) in [6.07, 6.45) is 3.18. The van der Waals surface area contributed by atoms with E-state index in [4.69, 9.17) is 5.10 Å². The summed E-state index contributed by atoms with van der Waals surface area (Å²) >= 11 is 1.50. The van der Waals surface area contributed by atoms with Crippen molar-refractivity contribution in [3.05, 3.63) is 69.2 Å². The fourth-order valence-corrected chi connectivity index (χ4v) is 4.87. The smallest absolute Gasteiger partial charge is 0.274 e. The highest BCUT2D eigenvalue weighted by molar-refractivity contribution is 7.07. The molecule has 9 heteroatoms. The summed E-state index contributed by atoms with van der Waals surface area (Å²) in [6.45, 7) is 2.15. The van der Waals surface area contributed by atoms with Crippen molar-refractivity contribution in [2.75, 3.05) is 13.6 Å². The van der Waals surface area contributed by atoms with Gasteiger partial charge >= 0.3 is 0 Å². The molecule has 3 aromatic rings. The molecule has 1 aliphatic carbocycles. The van der Waals surface area contributed by atoms with E-state index in [1.807, 2.05) is 10.1 Å². The van der Waals surface area contributed by atoms with Gasteiger partial charge in [0.05, 0.1) is 24.2 Å². The average Bonchev–Trinajstić information content (AvgIpc) is 3.33. The lowest BCUT2D eigenvalue weighted by atomic mass is 10.0. The van der Waals surface area contributed by atoms with Crippen LogP contribution in [0.2, 0.25) is 0 Å². The number of benzene rings is 1. The number of carbonyl (C=O) groups excluding carboxylic acids is 2. The van der Waals surface area contributed by atoms with Gasteiger partial charge in [0.1, 0.15) is 5.82 Å². The Morgan fingerprint density at radius 3 is 2.88 bits per heavy atom. The van der Waals surface area contributed by atoms with Crippen LogP contribution in [-0.4, -0.2) is 50.0 Å². The van der Waals surface area contributed by atoms with E-state index >= 15 is 0 Å². The number of rotatable bonds is 7. The molecule has 33 heavy (non-hydrogen) atoms. The fourth-order valence-electron chi connectivity index (χ4n) is 4.32. The van der Waals surface area contributed by atoms with Crippen LogP contribution >= 0.6 is 11.3 Å². The van der Waals surface area contributed by atoms with Gasteiger partial charge in [-0.05, 0) is 36.5 Å². The maximum Gasteiger partial charge on any atom is 0.274 e.